The van der Waals surface area contributed by atoms with Crippen molar-refractivity contribution in [1.29, 1.82) is 0 Å². The Labute approximate surface area is 126 Å². The number of nitrogens with zero attached hydrogens (tertiary/aromatic N) is 3. The van der Waals surface area contributed by atoms with Crippen molar-refractivity contribution in [2.24, 2.45) is 5.73 Å². The van der Waals surface area contributed by atoms with Crippen molar-refractivity contribution < 1.29 is 4.79 Å². The van der Waals surface area contributed by atoms with Gasteiger partial charge in [0, 0.05) is 19.4 Å². The lowest BCUT2D eigenvalue weighted by Crippen LogP contribution is -2.28. The van der Waals surface area contributed by atoms with Gasteiger partial charge >= 0.3 is 0 Å². The van der Waals surface area contributed by atoms with Crippen LogP contribution in [0.3, 0.4) is 0 Å². The van der Waals surface area contributed by atoms with Crippen LogP contribution in [0.5, 0.6) is 0 Å². The summed E-state index contributed by atoms with van der Waals surface area (Å²) in [7, 11) is 0. The minimum absolute atomic E-state index is 0.0774. The Morgan fingerprint density at radius 2 is 2.14 bits per heavy atom. The van der Waals surface area contributed by atoms with Crippen molar-refractivity contribution in [3.05, 3.63) is 11.6 Å². The molecule has 1 aliphatic rings. The summed E-state index contributed by atoms with van der Waals surface area (Å²) in [5, 5.41) is 11.6. The molecule has 0 radical (unpaired) electrons. The van der Waals surface area contributed by atoms with Gasteiger partial charge in [-0.2, -0.15) is 0 Å². The molecule has 0 saturated carbocycles. The lowest BCUT2D eigenvalue weighted by molar-refractivity contribution is -0.121. The minimum Gasteiger partial charge on any atom is -0.346 e. The number of aryl methyl sites for hydroxylation is 1. The summed E-state index contributed by atoms with van der Waals surface area (Å²) in [6.07, 6.45) is 8.04. The summed E-state index contributed by atoms with van der Waals surface area (Å²) < 4.78 is 2.19. The van der Waals surface area contributed by atoms with Gasteiger partial charge in [-0.1, -0.05) is 12.8 Å². The first-order valence-electron chi connectivity index (χ1n) is 8.13. The number of nitrogens with two attached hydrogens (primary N) is 1. The normalized spacial score (nSPS) is 16.1. The first kappa shape index (κ1) is 15.9. The fourth-order valence-corrected chi connectivity index (χ4v) is 2.81. The highest BCUT2D eigenvalue weighted by Crippen LogP contribution is 2.18. The lowest BCUT2D eigenvalue weighted by Gasteiger charge is -2.15. The van der Waals surface area contributed by atoms with Crippen molar-refractivity contribution in [1.82, 2.24) is 20.1 Å². The van der Waals surface area contributed by atoms with Gasteiger partial charge in [-0.15, -0.1) is 10.2 Å². The van der Waals surface area contributed by atoms with Gasteiger partial charge in [0.25, 0.3) is 0 Å². The summed E-state index contributed by atoms with van der Waals surface area (Å²) in [4.78, 5) is 11.9. The Kier molecular flexibility index (Phi) is 6.17. The molecule has 2 rings (SSSR count). The Bertz CT molecular complexity index is 457. The maximum absolute atomic E-state index is 11.9. The number of hydrogen-bond acceptors (Lipinski definition) is 4. The highest BCUT2D eigenvalue weighted by atomic mass is 16.1. The zero-order valence-corrected chi connectivity index (χ0v) is 13.0. The second-order valence-electron chi connectivity index (χ2n) is 5.83. The van der Waals surface area contributed by atoms with E-state index < -0.39 is 0 Å². The quantitative estimate of drug-likeness (QED) is 0.749. The van der Waals surface area contributed by atoms with E-state index in [-0.39, 0.29) is 11.9 Å². The van der Waals surface area contributed by atoms with Crippen molar-refractivity contribution in [3.63, 3.8) is 0 Å². The number of hydrogen-bond donors (Lipinski definition) is 2. The van der Waals surface area contributed by atoms with E-state index >= 15 is 0 Å². The molecular weight excluding hydrogens is 266 g/mol. The zero-order valence-electron chi connectivity index (χ0n) is 13.0. The number of rotatable bonds is 7. The third-order valence-electron chi connectivity index (χ3n) is 4.01. The molecule has 0 aromatic carbocycles. The number of amides is 1. The van der Waals surface area contributed by atoms with Gasteiger partial charge in [-0.3, -0.25) is 4.79 Å². The van der Waals surface area contributed by atoms with E-state index in [9.17, 15) is 4.79 Å². The van der Waals surface area contributed by atoms with Crippen molar-refractivity contribution in [3.8, 4) is 0 Å². The molecule has 0 aliphatic carbocycles. The van der Waals surface area contributed by atoms with Gasteiger partial charge in [-0.25, -0.2) is 0 Å². The molecule has 1 atom stereocenters. The van der Waals surface area contributed by atoms with Gasteiger partial charge in [0.1, 0.15) is 5.82 Å². The van der Waals surface area contributed by atoms with Crippen LogP contribution in [0.1, 0.15) is 69.6 Å². The van der Waals surface area contributed by atoms with Crippen LogP contribution in [0.25, 0.3) is 0 Å². The summed E-state index contributed by atoms with van der Waals surface area (Å²) in [6, 6.07) is -0.0774. The number of fused-ring (bicyclic) bond motifs is 1. The van der Waals surface area contributed by atoms with Crippen LogP contribution >= 0.6 is 0 Å². The molecule has 1 aromatic heterocycles. The molecule has 118 valence electrons. The van der Waals surface area contributed by atoms with Crippen molar-refractivity contribution in [2.75, 3.05) is 6.54 Å². The SMILES string of the molecule is CC(NC(=O)CCCCCN)c1nnc2n1CCCCC2. The van der Waals surface area contributed by atoms with Crippen LogP contribution in [0.2, 0.25) is 0 Å². The predicted octanol–water partition coefficient (Wildman–Crippen LogP) is 1.70. The zero-order chi connectivity index (χ0) is 15.1. The van der Waals surface area contributed by atoms with Crippen LogP contribution in [0.4, 0.5) is 0 Å². The third-order valence-corrected chi connectivity index (χ3v) is 4.01. The first-order chi connectivity index (χ1) is 10.2. The average Bonchev–Trinajstić information content (AvgIpc) is 2.73. The monoisotopic (exact) mass is 293 g/mol. The molecule has 1 aromatic rings. The molecule has 0 bridgehead atoms. The number of carbonyl (C=O) groups is 1. The van der Waals surface area contributed by atoms with Crippen LogP contribution in [0, 0.1) is 0 Å². The molecule has 6 heteroatoms. The van der Waals surface area contributed by atoms with E-state index in [4.69, 9.17) is 5.73 Å². The third kappa shape index (κ3) is 4.52. The van der Waals surface area contributed by atoms with Crippen LogP contribution in [-0.2, 0) is 17.8 Å². The molecule has 1 aliphatic heterocycles. The number of aromatic nitrogens is 3. The predicted molar refractivity (Wildman–Crippen MR) is 81.7 cm³/mol. The molecule has 1 amide bonds. The largest absolute Gasteiger partial charge is 0.346 e. The van der Waals surface area contributed by atoms with Gasteiger partial charge in [0.05, 0.1) is 6.04 Å². The van der Waals surface area contributed by atoms with Gasteiger partial charge in [-0.05, 0) is 39.2 Å². The Morgan fingerprint density at radius 3 is 2.95 bits per heavy atom. The fraction of sp³-hybridized carbons (Fsp3) is 0.800. The van der Waals surface area contributed by atoms with Crippen LogP contribution in [0.15, 0.2) is 0 Å². The Balaban J connectivity index is 1.87. The molecular formula is C15H27N5O. The maximum atomic E-state index is 11.9. The fourth-order valence-electron chi connectivity index (χ4n) is 2.81. The molecule has 0 saturated heterocycles. The molecule has 1 unspecified atom stereocenters. The smallest absolute Gasteiger partial charge is 0.220 e. The topological polar surface area (TPSA) is 85.8 Å². The molecule has 2 heterocycles. The average molecular weight is 293 g/mol. The van der Waals surface area contributed by atoms with Gasteiger partial charge < -0.3 is 15.6 Å². The molecule has 21 heavy (non-hydrogen) atoms. The van der Waals surface area contributed by atoms with E-state index in [1.165, 1.54) is 12.8 Å². The van der Waals surface area contributed by atoms with E-state index in [2.05, 4.69) is 20.1 Å². The Morgan fingerprint density at radius 1 is 1.29 bits per heavy atom. The van der Waals surface area contributed by atoms with E-state index in [0.29, 0.717) is 13.0 Å². The maximum Gasteiger partial charge on any atom is 0.220 e. The highest BCUT2D eigenvalue weighted by Gasteiger charge is 2.20. The molecule has 0 spiro atoms. The summed E-state index contributed by atoms with van der Waals surface area (Å²) in [5.74, 6) is 2.04. The Hall–Kier alpha value is -1.43. The summed E-state index contributed by atoms with van der Waals surface area (Å²) >= 11 is 0. The number of carbonyl (C=O) groups excluding carboxylic acids is 1. The minimum atomic E-state index is -0.0774. The van der Waals surface area contributed by atoms with Crippen LogP contribution in [-0.4, -0.2) is 27.2 Å². The molecule has 0 fully saturated rings. The van der Waals surface area contributed by atoms with Gasteiger partial charge in [0.2, 0.25) is 5.91 Å². The lowest BCUT2D eigenvalue weighted by atomic mass is 10.2. The van der Waals surface area contributed by atoms with Crippen LogP contribution < -0.4 is 11.1 Å². The summed E-state index contributed by atoms with van der Waals surface area (Å²) in [5.41, 5.74) is 5.45. The van der Waals surface area contributed by atoms with Crippen molar-refractivity contribution >= 4 is 5.91 Å². The van der Waals surface area contributed by atoms with E-state index in [1.807, 2.05) is 6.92 Å². The summed E-state index contributed by atoms with van der Waals surface area (Å²) in [6.45, 7) is 3.65. The van der Waals surface area contributed by atoms with Crippen molar-refractivity contribution in [2.45, 2.75) is 70.9 Å². The van der Waals surface area contributed by atoms with E-state index in [0.717, 1.165) is 50.3 Å². The molecule has 3 N–H and O–H groups in total. The number of nitrogens with one attached hydrogen (secondary N) is 1. The van der Waals surface area contributed by atoms with E-state index in [1.54, 1.807) is 0 Å². The second-order valence-corrected chi connectivity index (χ2v) is 5.83. The second kappa shape index (κ2) is 8.12. The van der Waals surface area contributed by atoms with Gasteiger partial charge in [0.15, 0.2) is 5.82 Å². The highest BCUT2D eigenvalue weighted by molar-refractivity contribution is 5.76. The first-order valence-corrected chi connectivity index (χ1v) is 8.13. The molecule has 6 nitrogen and oxygen atoms in total. The number of unbranched alkanes of at least 4 members (excludes halogenated alkanes) is 2. The standard InChI is InChI=1S/C15H27N5O/c1-12(17-14(21)9-5-2-6-10-16)15-19-18-13-8-4-3-7-11-20(13)15/h12H,2-11,16H2,1H3,(H,17,21).